The fourth-order valence-electron chi connectivity index (χ4n) is 2.86. The van der Waals surface area contributed by atoms with Gasteiger partial charge in [-0.2, -0.15) is 5.10 Å². The Bertz CT molecular complexity index is 1030. The van der Waals surface area contributed by atoms with Crippen LogP contribution in [-0.4, -0.2) is 16.1 Å². The van der Waals surface area contributed by atoms with E-state index >= 15 is 0 Å². The maximum absolute atomic E-state index is 12.3. The number of aryl methyl sites for hydroxylation is 1. The van der Waals surface area contributed by atoms with Gasteiger partial charge >= 0.3 is 0 Å². The summed E-state index contributed by atoms with van der Waals surface area (Å²) >= 11 is 0. The second kappa shape index (κ2) is 6.24. The van der Waals surface area contributed by atoms with Crippen LogP contribution in [0.5, 0.6) is 0 Å². The fraction of sp³-hybridized carbons (Fsp3) is 0.0476. The molecule has 4 aromatic rings. The number of rotatable bonds is 3. The summed E-state index contributed by atoms with van der Waals surface area (Å²) in [5.74, 6) is -0.107. The molecule has 0 saturated heterocycles. The Labute approximate surface area is 145 Å². The highest BCUT2D eigenvalue weighted by molar-refractivity contribution is 6.04. The zero-order chi connectivity index (χ0) is 17.2. The number of carbonyl (C=O) groups is 1. The molecule has 25 heavy (non-hydrogen) atoms. The number of H-pyrrole nitrogens is 1. The number of anilines is 1. The van der Waals surface area contributed by atoms with E-state index in [4.69, 9.17) is 0 Å². The van der Waals surface area contributed by atoms with Crippen LogP contribution in [0.15, 0.2) is 72.9 Å². The molecule has 1 aromatic heterocycles. The van der Waals surface area contributed by atoms with Crippen LogP contribution in [0.25, 0.3) is 22.0 Å². The SMILES string of the molecule is Cc1ccc(C(=O)Nc2ccc(-c3cccc4[nH]ncc34)cc2)cc1. The number of hydrogen-bond acceptors (Lipinski definition) is 2. The van der Waals surface area contributed by atoms with Gasteiger partial charge in [0.25, 0.3) is 5.91 Å². The Kier molecular flexibility index (Phi) is 3.78. The maximum atomic E-state index is 12.3. The van der Waals surface area contributed by atoms with Crippen molar-refractivity contribution in [2.45, 2.75) is 6.92 Å². The van der Waals surface area contributed by atoms with Gasteiger partial charge in [-0.25, -0.2) is 0 Å². The molecule has 1 heterocycles. The number of aromatic amines is 1. The van der Waals surface area contributed by atoms with Crippen molar-refractivity contribution in [2.24, 2.45) is 0 Å². The van der Waals surface area contributed by atoms with Crippen LogP contribution >= 0.6 is 0 Å². The number of benzene rings is 3. The zero-order valence-electron chi connectivity index (χ0n) is 13.8. The quantitative estimate of drug-likeness (QED) is 0.568. The van der Waals surface area contributed by atoms with Crippen molar-refractivity contribution in [3.63, 3.8) is 0 Å². The predicted octanol–water partition coefficient (Wildman–Crippen LogP) is 4.79. The molecular weight excluding hydrogens is 310 g/mol. The van der Waals surface area contributed by atoms with Crippen molar-refractivity contribution >= 4 is 22.5 Å². The molecule has 0 spiro atoms. The third-order valence-corrected chi connectivity index (χ3v) is 4.25. The molecule has 0 saturated carbocycles. The predicted molar refractivity (Wildman–Crippen MR) is 101 cm³/mol. The average molecular weight is 327 g/mol. The Morgan fingerprint density at radius 1 is 0.960 bits per heavy atom. The van der Waals surface area contributed by atoms with Gasteiger partial charge < -0.3 is 5.32 Å². The first-order valence-corrected chi connectivity index (χ1v) is 8.11. The minimum absolute atomic E-state index is 0.107. The summed E-state index contributed by atoms with van der Waals surface area (Å²) in [5.41, 5.74) is 5.76. The molecule has 1 amide bonds. The fourth-order valence-corrected chi connectivity index (χ4v) is 2.86. The summed E-state index contributed by atoms with van der Waals surface area (Å²) < 4.78 is 0. The molecule has 0 atom stereocenters. The molecular formula is C21H17N3O. The summed E-state index contributed by atoms with van der Waals surface area (Å²) in [6.07, 6.45) is 1.83. The van der Waals surface area contributed by atoms with Crippen molar-refractivity contribution < 1.29 is 4.79 Å². The van der Waals surface area contributed by atoms with Gasteiger partial charge in [-0.1, -0.05) is 42.0 Å². The summed E-state index contributed by atoms with van der Waals surface area (Å²) in [6, 6.07) is 21.5. The second-order valence-electron chi connectivity index (χ2n) is 6.03. The van der Waals surface area contributed by atoms with Gasteiger partial charge in [-0.15, -0.1) is 0 Å². The number of fused-ring (bicyclic) bond motifs is 1. The first-order valence-electron chi connectivity index (χ1n) is 8.11. The van der Waals surface area contributed by atoms with Crippen LogP contribution in [-0.2, 0) is 0 Å². The molecule has 4 heteroatoms. The van der Waals surface area contributed by atoms with E-state index < -0.39 is 0 Å². The molecule has 0 aliphatic carbocycles. The summed E-state index contributed by atoms with van der Waals surface area (Å²) in [4.78, 5) is 12.3. The van der Waals surface area contributed by atoms with E-state index in [-0.39, 0.29) is 5.91 Å². The molecule has 0 aliphatic heterocycles. The summed E-state index contributed by atoms with van der Waals surface area (Å²) in [6.45, 7) is 2.00. The van der Waals surface area contributed by atoms with Crippen molar-refractivity contribution in [3.8, 4) is 11.1 Å². The number of nitrogens with zero attached hydrogens (tertiary/aromatic N) is 1. The van der Waals surface area contributed by atoms with Gasteiger partial charge in [0.05, 0.1) is 11.7 Å². The minimum atomic E-state index is -0.107. The second-order valence-corrected chi connectivity index (χ2v) is 6.03. The molecule has 0 fully saturated rings. The average Bonchev–Trinajstić information content (AvgIpc) is 3.12. The largest absolute Gasteiger partial charge is 0.322 e. The van der Waals surface area contributed by atoms with Crippen LogP contribution < -0.4 is 5.32 Å². The van der Waals surface area contributed by atoms with E-state index in [2.05, 4.69) is 21.6 Å². The van der Waals surface area contributed by atoms with Gasteiger partial charge in [0, 0.05) is 16.6 Å². The van der Waals surface area contributed by atoms with Crippen molar-refractivity contribution in [3.05, 3.63) is 84.1 Å². The highest BCUT2D eigenvalue weighted by Gasteiger charge is 2.08. The first kappa shape index (κ1) is 15.1. The summed E-state index contributed by atoms with van der Waals surface area (Å²) in [5, 5.41) is 11.1. The molecule has 2 N–H and O–H groups in total. The third-order valence-electron chi connectivity index (χ3n) is 4.25. The molecule has 122 valence electrons. The molecule has 4 rings (SSSR count). The Morgan fingerprint density at radius 3 is 2.48 bits per heavy atom. The van der Waals surface area contributed by atoms with Gasteiger partial charge in [0.2, 0.25) is 0 Å². The van der Waals surface area contributed by atoms with Crippen LogP contribution in [0.3, 0.4) is 0 Å². The van der Waals surface area contributed by atoms with Gasteiger partial charge in [-0.05, 0) is 48.4 Å². The minimum Gasteiger partial charge on any atom is -0.322 e. The monoisotopic (exact) mass is 327 g/mol. The van der Waals surface area contributed by atoms with E-state index in [9.17, 15) is 4.79 Å². The van der Waals surface area contributed by atoms with Gasteiger partial charge in [0.1, 0.15) is 0 Å². The van der Waals surface area contributed by atoms with Crippen molar-refractivity contribution in [1.82, 2.24) is 10.2 Å². The van der Waals surface area contributed by atoms with Crippen LogP contribution in [0.4, 0.5) is 5.69 Å². The maximum Gasteiger partial charge on any atom is 0.255 e. The van der Waals surface area contributed by atoms with E-state index in [0.717, 1.165) is 33.3 Å². The van der Waals surface area contributed by atoms with E-state index in [0.29, 0.717) is 5.56 Å². The van der Waals surface area contributed by atoms with Crippen molar-refractivity contribution in [1.29, 1.82) is 0 Å². The van der Waals surface area contributed by atoms with Crippen LogP contribution in [0, 0.1) is 6.92 Å². The highest BCUT2D eigenvalue weighted by Crippen LogP contribution is 2.28. The topological polar surface area (TPSA) is 57.8 Å². The lowest BCUT2D eigenvalue weighted by Gasteiger charge is -2.08. The lowest BCUT2D eigenvalue weighted by molar-refractivity contribution is 0.102. The molecule has 0 radical (unpaired) electrons. The molecule has 0 bridgehead atoms. The normalized spacial score (nSPS) is 10.8. The molecule has 4 nitrogen and oxygen atoms in total. The van der Waals surface area contributed by atoms with Crippen LogP contribution in [0.1, 0.15) is 15.9 Å². The number of hydrogen-bond donors (Lipinski definition) is 2. The van der Waals surface area contributed by atoms with Crippen LogP contribution in [0.2, 0.25) is 0 Å². The van der Waals surface area contributed by atoms with E-state index in [1.165, 1.54) is 0 Å². The number of aromatic nitrogens is 2. The zero-order valence-corrected chi connectivity index (χ0v) is 13.8. The Balaban J connectivity index is 1.57. The molecule has 3 aromatic carbocycles. The lowest BCUT2D eigenvalue weighted by Crippen LogP contribution is -2.11. The third kappa shape index (κ3) is 3.02. The van der Waals surface area contributed by atoms with Crippen molar-refractivity contribution in [2.75, 3.05) is 5.32 Å². The Hall–Kier alpha value is -3.40. The van der Waals surface area contributed by atoms with E-state index in [1.54, 1.807) is 0 Å². The standard InChI is InChI=1S/C21H17N3O/c1-14-5-7-16(8-6-14)21(25)23-17-11-9-15(10-12-17)18-3-2-4-20-19(18)13-22-24-20/h2-13H,1H3,(H,22,24)(H,23,25). The number of nitrogens with one attached hydrogen (secondary N) is 2. The van der Waals surface area contributed by atoms with E-state index in [1.807, 2.05) is 73.8 Å². The number of carbonyl (C=O) groups excluding carboxylic acids is 1. The lowest BCUT2D eigenvalue weighted by atomic mass is 10.0. The smallest absolute Gasteiger partial charge is 0.255 e. The molecule has 0 aliphatic rings. The summed E-state index contributed by atoms with van der Waals surface area (Å²) in [7, 11) is 0. The molecule has 0 unspecified atom stereocenters. The Morgan fingerprint density at radius 2 is 1.72 bits per heavy atom. The van der Waals surface area contributed by atoms with Gasteiger partial charge in [-0.3, -0.25) is 9.89 Å². The first-order chi connectivity index (χ1) is 12.2. The van der Waals surface area contributed by atoms with Gasteiger partial charge in [0.15, 0.2) is 0 Å². The highest BCUT2D eigenvalue weighted by atomic mass is 16.1. The number of amides is 1.